The minimum atomic E-state index is 0.00967. The SMILES string of the molecule is CCC(C)NC(=O)c1ccc(N(CC)CC)cc1. The summed E-state index contributed by atoms with van der Waals surface area (Å²) in [4.78, 5) is 14.2. The topological polar surface area (TPSA) is 32.3 Å². The Balaban J connectivity index is 2.73. The van der Waals surface area contributed by atoms with E-state index in [1.165, 1.54) is 5.69 Å². The van der Waals surface area contributed by atoms with Crippen LogP contribution in [0.4, 0.5) is 5.69 Å². The number of nitrogens with one attached hydrogen (secondary N) is 1. The molecule has 0 aliphatic carbocycles. The number of anilines is 1. The number of rotatable bonds is 6. The molecule has 0 aliphatic rings. The van der Waals surface area contributed by atoms with E-state index < -0.39 is 0 Å². The first-order valence-electron chi connectivity index (χ1n) is 6.78. The number of benzene rings is 1. The predicted octanol–water partition coefficient (Wildman–Crippen LogP) is 3.06. The minimum absolute atomic E-state index is 0.00967. The van der Waals surface area contributed by atoms with Gasteiger partial charge in [0.25, 0.3) is 5.91 Å². The van der Waals surface area contributed by atoms with Crippen molar-refractivity contribution in [1.29, 1.82) is 0 Å². The molecule has 0 radical (unpaired) electrons. The van der Waals surface area contributed by atoms with Crippen LogP contribution in [0.2, 0.25) is 0 Å². The van der Waals surface area contributed by atoms with Gasteiger partial charge in [-0.15, -0.1) is 0 Å². The summed E-state index contributed by atoms with van der Waals surface area (Å²) >= 11 is 0. The fourth-order valence-electron chi connectivity index (χ4n) is 1.82. The minimum Gasteiger partial charge on any atom is -0.372 e. The summed E-state index contributed by atoms with van der Waals surface area (Å²) in [6.07, 6.45) is 0.948. The molecule has 0 aliphatic heterocycles. The van der Waals surface area contributed by atoms with E-state index in [-0.39, 0.29) is 11.9 Å². The molecule has 0 saturated heterocycles. The van der Waals surface area contributed by atoms with Crippen molar-refractivity contribution in [2.24, 2.45) is 0 Å². The van der Waals surface area contributed by atoms with Crippen molar-refractivity contribution in [3.05, 3.63) is 29.8 Å². The van der Waals surface area contributed by atoms with Crippen molar-refractivity contribution in [2.45, 2.75) is 40.2 Å². The van der Waals surface area contributed by atoms with E-state index in [4.69, 9.17) is 0 Å². The van der Waals surface area contributed by atoms with Gasteiger partial charge in [-0.3, -0.25) is 4.79 Å². The first-order chi connectivity index (χ1) is 8.62. The summed E-state index contributed by atoms with van der Waals surface area (Å²) in [5.74, 6) is 0.00967. The Hall–Kier alpha value is -1.51. The molecule has 3 nitrogen and oxygen atoms in total. The van der Waals surface area contributed by atoms with Crippen molar-refractivity contribution in [2.75, 3.05) is 18.0 Å². The highest BCUT2D eigenvalue weighted by Crippen LogP contribution is 2.14. The summed E-state index contributed by atoms with van der Waals surface area (Å²) in [6.45, 7) is 10.3. The number of hydrogen-bond acceptors (Lipinski definition) is 2. The molecule has 0 bridgehead atoms. The Morgan fingerprint density at radius 3 is 2.17 bits per heavy atom. The maximum Gasteiger partial charge on any atom is 0.251 e. The van der Waals surface area contributed by atoms with Gasteiger partial charge < -0.3 is 10.2 Å². The maximum absolute atomic E-state index is 11.9. The third-order valence-corrected chi connectivity index (χ3v) is 3.25. The summed E-state index contributed by atoms with van der Waals surface area (Å²) in [7, 11) is 0. The lowest BCUT2D eigenvalue weighted by molar-refractivity contribution is 0.0939. The lowest BCUT2D eigenvalue weighted by atomic mass is 10.1. The van der Waals surface area contributed by atoms with Gasteiger partial charge in [-0.2, -0.15) is 0 Å². The molecule has 1 aromatic carbocycles. The highest BCUT2D eigenvalue weighted by Gasteiger charge is 2.09. The standard InChI is InChI=1S/C15H24N2O/c1-5-12(4)16-15(18)13-8-10-14(11-9-13)17(6-2)7-3/h8-12H,5-7H2,1-4H3,(H,16,18). The molecule has 18 heavy (non-hydrogen) atoms. The highest BCUT2D eigenvalue weighted by atomic mass is 16.1. The van der Waals surface area contributed by atoms with Gasteiger partial charge in [-0.1, -0.05) is 6.92 Å². The number of amides is 1. The predicted molar refractivity (Wildman–Crippen MR) is 77.2 cm³/mol. The average Bonchev–Trinajstić information content (AvgIpc) is 2.40. The van der Waals surface area contributed by atoms with Crippen LogP contribution in [0.15, 0.2) is 24.3 Å². The van der Waals surface area contributed by atoms with Crippen molar-refractivity contribution in [3.63, 3.8) is 0 Å². The number of nitrogens with zero attached hydrogens (tertiary/aromatic N) is 1. The number of hydrogen-bond donors (Lipinski definition) is 1. The normalized spacial score (nSPS) is 12.0. The molecule has 1 unspecified atom stereocenters. The van der Waals surface area contributed by atoms with Crippen LogP contribution in [0.1, 0.15) is 44.5 Å². The van der Waals surface area contributed by atoms with Crippen LogP contribution in [0.5, 0.6) is 0 Å². The van der Waals surface area contributed by atoms with Crippen LogP contribution in [-0.4, -0.2) is 25.0 Å². The summed E-state index contributed by atoms with van der Waals surface area (Å²) in [5, 5.41) is 2.97. The second-order valence-corrected chi connectivity index (χ2v) is 4.50. The van der Waals surface area contributed by atoms with E-state index in [2.05, 4.69) is 31.0 Å². The molecule has 1 aromatic rings. The molecule has 3 heteroatoms. The van der Waals surface area contributed by atoms with Crippen molar-refractivity contribution < 1.29 is 4.79 Å². The summed E-state index contributed by atoms with van der Waals surface area (Å²) < 4.78 is 0. The second kappa shape index (κ2) is 7.04. The maximum atomic E-state index is 11.9. The Bertz CT molecular complexity index is 369. The first kappa shape index (κ1) is 14.6. The van der Waals surface area contributed by atoms with Crippen LogP contribution in [0, 0.1) is 0 Å². The second-order valence-electron chi connectivity index (χ2n) is 4.50. The van der Waals surface area contributed by atoms with E-state index in [0.29, 0.717) is 0 Å². The average molecular weight is 248 g/mol. The van der Waals surface area contributed by atoms with E-state index in [1.807, 2.05) is 31.2 Å². The molecule has 1 rings (SSSR count). The molecule has 0 spiro atoms. The van der Waals surface area contributed by atoms with Gasteiger partial charge in [0, 0.05) is 30.4 Å². The lowest BCUT2D eigenvalue weighted by Gasteiger charge is -2.21. The van der Waals surface area contributed by atoms with E-state index >= 15 is 0 Å². The van der Waals surface area contributed by atoms with Crippen LogP contribution >= 0.6 is 0 Å². The van der Waals surface area contributed by atoms with Gasteiger partial charge in [0.2, 0.25) is 0 Å². The lowest BCUT2D eigenvalue weighted by Crippen LogP contribution is -2.31. The smallest absolute Gasteiger partial charge is 0.251 e. The van der Waals surface area contributed by atoms with Gasteiger partial charge in [0.1, 0.15) is 0 Å². The highest BCUT2D eigenvalue weighted by molar-refractivity contribution is 5.94. The largest absolute Gasteiger partial charge is 0.372 e. The Morgan fingerprint density at radius 2 is 1.72 bits per heavy atom. The zero-order chi connectivity index (χ0) is 13.5. The van der Waals surface area contributed by atoms with Gasteiger partial charge in [0.05, 0.1) is 0 Å². The fourth-order valence-corrected chi connectivity index (χ4v) is 1.82. The Kier molecular flexibility index (Phi) is 5.69. The van der Waals surface area contributed by atoms with E-state index in [9.17, 15) is 4.79 Å². The summed E-state index contributed by atoms with van der Waals surface area (Å²) in [5.41, 5.74) is 1.89. The first-order valence-corrected chi connectivity index (χ1v) is 6.78. The molecule has 1 amide bonds. The van der Waals surface area contributed by atoms with E-state index in [1.54, 1.807) is 0 Å². The van der Waals surface area contributed by atoms with Gasteiger partial charge >= 0.3 is 0 Å². The molecule has 0 saturated carbocycles. The van der Waals surface area contributed by atoms with Crippen molar-refractivity contribution in [3.8, 4) is 0 Å². The molecule has 0 fully saturated rings. The van der Waals surface area contributed by atoms with Gasteiger partial charge in [-0.25, -0.2) is 0 Å². The zero-order valence-electron chi connectivity index (χ0n) is 11.9. The molecule has 1 N–H and O–H groups in total. The van der Waals surface area contributed by atoms with Gasteiger partial charge in [0.15, 0.2) is 0 Å². The van der Waals surface area contributed by atoms with Crippen molar-refractivity contribution >= 4 is 11.6 Å². The van der Waals surface area contributed by atoms with Crippen molar-refractivity contribution in [1.82, 2.24) is 5.32 Å². The number of carbonyl (C=O) groups is 1. The molecular formula is C15H24N2O. The molecule has 100 valence electrons. The molecule has 0 heterocycles. The fraction of sp³-hybridized carbons (Fsp3) is 0.533. The third kappa shape index (κ3) is 3.76. The zero-order valence-corrected chi connectivity index (χ0v) is 11.9. The van der Waals surface area contributed by atoms with E-state index in [0.717, 1.165) is 25.1 Å². The third-order valence-electron chi connectivity index (χ3n) is 3.25. The van der Waals surface area contributed by atoms with Crippen LogP contribution < -0.4 is 10.2 Å². The molecule has 1 atom stereocenters. The van der Waals surface area contributed by atoms with Crippen LogP contribution in [0.3, 0.4) is 0 Å². The molecular weight excluding hydrogens is 224 g/mol. The van der Waals surface area contributed by atoms with Crippen LogP contribution in [-0.2, 0) is 0 Å². The monoisotopic (exact) mass is 248 g/mol. The van der Waals surface area contributed by atoms with Gasteiger partial charge in [-0.05, 0) is 51.5 Å². The summed E-state index contributed by atoms with van der Waals surface area (Å²) in [6, 6.07) is 8.04. The number of carbonyl (C=O) groups excluding carboxylic acids is 1. The molecule has 0 aromatic heterocycles. The van der Waals surface area contributed by atoms with Crippen LogP contribution in [0.25, 0.3) is 0 Å². The Labute approximate surface area is 110 Å². The Morgan fingerprint density at radius 1 is 1.17 bits per heavy atom. The quantitative estimate of drug-likeness (QED) is 0.839.